The topological polar surface area (TPSA) is 34.1 Å². The molecule has 0 heterocycles. The van der Waals surface area contributed by atoms with E-state index in [1.54, 1.807) is 12.1 Å². The maximum Gasteiger partial charge on any atom is 0.186 e. The van der Waals surface area contributed by atoms with Gasteiger partial charge in [0.15, 0.2) is 10.9 Å². The number of benzene rings is 1. The largest absolute Gasteiger partial charge is 0.293 e. The molecular formula is C11H11ClO2S. The minimum absolute atomic E-state index is 0.00153. The van der Waals surface area contributed by atoms with Gasteiger partial charge >= 0.3 is 0 Å². The molecule has 0 fully saturated rings. The molecular weight excluding hydrogens is 232 g/mol. The number of hydrogen-bond donors (Lipinski definition) is 0. The monoisotopic (exact) mass is 242 g/mol. The fourth-order valence-electron chi connectivity index (χ4n) is 1.05. The van der Waals surface area contributed by atoms with Crippen LogP contribution < -0.4 is 0 Å². The van der Waals surface area contributed by atoms with Gasteiger partial charge < -0.3 is 0 Å². The van der Waals surface area contributed by atoms with E-state index in [4.69, 9.17) is 11.6 Å². The van der Waals surface area contributed by atoms with Crippen LogP contribution in [0.15, 0.2) is 24.3 Å². The summed E-state index contributed by atoms with van der Waals surface area (Å²) in [5, 5.41) is 0.0934. The summed E-state index contributed by atoms with van der Waals surface area (Å²) in [6.45, 7) is 1.54. The zero-order chi connectivity index (χ0) is 11.3. The first-order chi connectivity index (χ1) is 7.13. The van der Waals surface area contributed by atoms with Crippen LogP contribution in [0.1, 0.15) is 22.8 Å². The maximum atomic E-state index is 11.2. The molecule has 15 heavy (non-hydrogen) atoms. The van der Waals surface area contributed by atoms with E-state index in [0.29, 0.717) is 11.3 Å². The van der Waals surface area contributed by atoms with Crippen molar-refractivity contribution in [2.75, 3.05) is 5.88 Å². The number of rotatable bonds is 4. The van der Waals surface area contributed by atoms with Crippen LogP contribution in [-0.4, -0.2) is 16.8 Å². The SMILES string of the molecule is CC(=O)SCc1ccc(C(=O)CCl)cc1. The molecule has 0 saturated carbocycles. The lowest BCUT2D eigenvalue weighted by Crippen LogP contribution is -1.99. The fraction of sp³-hybridized carbons (Fsp3) is 0.273. The Balaban J connectivity index is 2.64. The van der Waals surface area contributed by atoms with Gasteiger partial charge in [0, 0.05) is 18.2 Å². The second kappa shape index (κ2) is 5.93. The van der Waals surface area contributed by atoms with Crippen molar-refractivity contribution in [3.8, 4) is 0 Å². The van der Waals surface area contributed by atoms with Gasteiger partial charge in [-0.2, -0.15) is 0 Å². The summed E-state index contributed by atoms with van der Waals surface area (Å²) in [6.07, 6.45) is 0. The molecule has 0 bridgehead atoms. The van der Waals surface area contributed by atoms with Crippen LogP contribution in [-0.2, 0) is 10.5 Å². The van der Waals surface area contributed by atoms with Gasteiger partial charge in [0.25, 0.3) is 0 Å². The molecule has 0 saturated heterocycles. The maximum absolute atomic E-state index is 11.2. The molecule has 0 aliphatic heterocycles. The Morgan fingerprint density at radius 1 is 1.27 bits per heavy atom. The number of Topliss-reactive ketones (excluding diaryl/α,β-unsaturated/α-hetero) is 1. The highest BCUT2D eigenvalue weighted by molar-refractivity contribution is 8.12. The van der Waals surface area contributed by atoms with Crippen LogP contribution in [0.5, 0.6) is 0 Å². The highest BCUT2D eigenvalue weighted by Gasteiger charge is 2.03. The second-order valence-electron chi connectivity index (χ2n) is 3.03. The van der Waals surface area contributed by atoms with Crippen LogP contribution in [0, 0.1) is 0 Å². The smallest absolute Gasteiger partial charge is 0.186 e. The third kappa shape index (κ3) is 4.06. The molecule has 1 rings (SSSR count). The number of halogens is 1. The molecule has 1 aromatic rings. The van der Waals surface area contributed by atoms with Gasteiger partial charge in [0.2, 0.25) is 0 Å². The standard InChI is InChI=1S/C11H11ClO2S/c1-8(13)15-7-9-2-4-10(5-3-9)11(14)6-12/h2-5H,6-7H2,1H3. The summed E-state index contributed by atoms with van der Waals surface area (Å²) in [7, 11) is 0. The summed E-state index contributed by atoms with van der Waals surface area (Å²) in [5.74, 6) is 0.564. The van der Waals surface area contributed by atoms with E-state index in [2.05, 4.69) is 0 Å². The van der Waals surface area contributed by atoms with Gasteiger partial charge in [-0.15, -0.1) is 11.6 Å². The summed E-state index contributed by atoms with van der Waals surface area (Å²) in [4.78, 5) is 21.9. The van der Waals surface area contributed by atoms with Crippen LogP contribution in [0.4, 0.5) is 0 Å². The second-order valence-corrected chi connectivity index (χ2v) is 4.45. The van der Waals surface area contributed by atoms with Crippen molar-refractivity contribution in [3.05, 3.63) is 35.4 Å². The minimum atomic E-state index is -0.0811. The quantitative estimate of drug-likeness (QED) is 0.602. The van der Waals surface area contributed by atoms with Crippen molar-refractivity contribution < 1.29 is 9.59 Å². The van der Waals surface area contributed by atoms with E-state index in [9.17, 15) is 9.59 Å². The zero-order valence-corrected chi connectivity index (χ0v) is 9.90. The molecule has 4 heteroatoms. The predicted molar refractivity (Wildman–Crippen MR) is 63.5 cm³/mol. The first-order valence-corrected chi connectivity index (χ1v) is 5.97. The number of ketones is 1. The molecule has 0 amide bonds. The molecule has 0 spiro atoms. The predicted octanol–water partition coefficient (Wildman–Crippen LogP) is 2.89. The average molecular weight is 243 g/mol. The molecule has 0 aliphatic rings. The van der Waals surface area contributed by atoms with Gasteiger partial charge in [-0.1, -0.05) is 36.0 Å². The van der Waals surface area contributed by atoms with E-state index in [-0.39, 0.29) is 16.8 Å². The van der Waals surface area contributed by atoms with E-state index in [1.807, 2.05) is 12.1 Å². The Morgan fingerprint density at radius 2 is 1.87 bits per heavy atom. The Labute approximate surface area is 98.0 Å². The summed E-state index contributed by atoms with van der Waals surface area (Å²) < 4.78 is 0. The number of thioether (sulfide) groups is 1. The van der Waals surface area contributed by atoms with Crippen LogP contribution in [0.3, 0.4) is 0 Å². The molecule has 0 unspecified atom stereocenters. The highest BCUT2D eigenvalue weighted by Crippen LogP contribution is 2.14. The third-order valence-electron chi connectivity index (χ3n) is 1.84. The minimum Gasteiger partial charge on any atom is -0.293 e. The van der Waals surface area contributed by atoms with Crippen molar-refractivity contribution in [1.29, 1.82) is 0 Å². The van der Waals surface area contributed by atoms with E-state index in [1.165, 1.54) is 18.7 Å². The van der Waals surface area contributed by atoms with Crippen molar-refractivity contribution in [2.24, 2.45) is 0 Å². The van der Waals surface area contributed by atoms with E-state index in [0.717, 1.165) is 5.56 Å². The molecule has 80 valence electrons. The zero-order valence-electron chi connectivity index (χ0n) is 8.33. The Hall–Kier alpha value is -0.800. The fourth-order valence-corrected chi connectivity index (χ4v) is 1.77. The van der Waals surface area contributed by atoms with Crippen LogP contribution in [0.2, 0.25) is 0 Å². The normalized spacial score (nSPS) is 10.0. The van der Waals surface area contributed by atoms with E-state index < -0.39 is 0 Å². The lowest BCUT2D eigenvalue weighted by Gasteiger charge is -2.00. The molecule has 0 N–H and O–H groups in total. The summed E-state index contributed by atoms with van der Waals surface area (Å²) in [5.41, 5.74) is 1.64. The summed E-state index contributed by atoms with van der Waals surface area (Å²) >= 11 is 6.69. The van der Waals surface area contributed by atoms with Gasteiger partial charge in [0.05, 0.1) is 5.88 Å². The number of carbonyl (C=O) groups excluding carboxylic acids is 2. The molecule has 0 aliphatic carbocycles. The lowest BCUT2D eigenvalue weighted by atomic mass is 10.1. The number of carbonyl (C=O) groups is 2. The number of alkyl halides is 1. The highest BCUT2D eigenvalue weighted by atomic mass is 35.5. The molecule has 0 aromatic heterocycles. The third-order valence-corrected chi connectivity index (χ3v) is 2.97. The van der Waals surface area contributed by atoms with Gasteiger partial charge in [0.1, 0.15) is 0 Å². The van der Waals surface area contributed by atoms with Crippen molar-refractivity contribution in [1.82, 2.24) is 0 Å². The van der Waals surface area contributed by atoms with E-state index >= 15 is 0 Å². The van der Waals surface area contributed by atoms with Crippen LogP contribution in [0.25, 0.3) is 0 Å². The molecule has 0 atom stereocenters. The lowest BCUT2D eigenvalue weighted by molar-refractivity contribution is -0.109. The first kappa shape index (κ1) is 12.3. The Morgan fingerprint density at radius 3 is 2.33 bits per heavy atom. The number of hydrogen-bond acceptors (Lipinski definition) is 3. The van der Waals surface area contributed by atoms with Gasteiger partial charge in [-0.05, 0) is 5.56 Å². The van der Waals surface area contributed by atoms with Crippen molar-refractivity contribution >= 4 is 34.3 Å². The average Bonchev–Trinajstić information content (AvgIpc) is 2.26. The molecule has 0 radical (unpaired) electrons. The van der Waals surface area contributed by atoms with Gasteiger partial charge in [-0.25, -0.2) is 0 Å². The Kier molecular flexibility index (Phi) is 4.85. The van der Waals surface area contributed by atoms with Crippen molar-refractivity contribution in [3.63, 3.8) is 0 Å². The first-order valence-electron chi connectivity index (χ1n) is 4.45. The molecule has 2 nitrogen and oxygen atoms in total. The van der Waals surface area contributed by atoms with Crippen LogP contribution >= 0.6 is 23.4 Å². The van der Waals surface area contributed by atoms with Gasteiger partial charge in [-0.3, -0.25) is 9.59 Å². The molecule has 1 aromatic carbocycles. The summed E-state index contributed by atoms with van der Waals surface area (Å²) in [6, 6.07) is 7.16. The van der Waals surface area contributed by atoms with Crippen molar-refractivity contribution in [2.45, 2.75) is 12.7 Å². The Bertz CT molecular complexity index is 359.